The van der Waals surface area contributed by atoms with E-state index in [9.17, 15) is 25.5 Å². The summed E-state index contributed by atoms with van der Waals surface area (Å²) < 4.78 is 1.34. The number of aromatic nitrogens is 4. The third-order valence-corrected chi connectivity index (χ3v) is 5.00. The fourth-order valence-electron chi connectivity index (χ4n) is 3.43. The van der Waals surface area contributed by atoms with E-state index in [2.05, 4.69) is 21.1 Å². The normalized spacial score (nSPS) is 11.5. The van der Waals surface area contributed by atoms with Crippen LogP contribution in [0.1, 0.15) is 22.8 Å². The van der Waals surface area contributed by atoms with E-state index in [1.807, 2.05) is 24.3 Å². The number of nitro benzene ring substituents is 2. The number of H-pyrrole nitrogens is 1. The number of benzene rings is 2. The van der Waals surface area contributed by atoms with Gasteiger partial charge >= 0.3 is 5.69 Å². The summed E-state index contributed by atoms with van der Waals surface area (Å²) in [7, 11) is 0. The van der Waals surface area contributed by atoms with Gasteiger partial charge in [-0.15, -0.1) is 0 Å². The SMILES string of the molecule is Cc1nn(-c2ccc([N+](=O)[O-])cc2[N+](=O)[O-])c(C)c1/C=C(/C#N)c1nc2ccccc2[nH]1. The molecule has 0 saturated heterocycles. The first-order chi connectivity index (χ1) is 15.3. The minimum absolute atomic E-state index is 0.0862. The van der Waals surface area contributed by atoms with Crippen LogP contribution in [-0.2, 0) is 0 Å². The van der Waals surface area contributed by atoms with E-state index in [-0.39, 0.29) is 11.3 Å². The Kier molecular flexibility index (Phi) is 4.96. The van der Waals surface area contributed by atoms with E-state index in [4.69, 9.17) is 0 Å². The second-order valence-corrected chi connectivity index (χ2v) is 6.96. The lowest BCUT2D eigenvalue weighted by molar-refractivity contribution is -0.394. The number of rotatable bonds is 5. The monoisotopic (exact) mass is 429 g/mol. The second kappa shape index (κ2) is 7.77. The molecule has 0 aliphatic rings. The molecule has 2 heterocycles. The number of nitrogens with one attached hydrogen (secondary N) is 1. The average molecular weight is 429 g/mol. The molecule has 0 saturated carbocycles. The van der Waals surface area contributed by atoms with Crippen molar-refractivity contribution >= 4 is 34.1 Å². The van der Waals surface area contributed by atoms with E-state index < -0.39 is 21.2 Å². The lowest BCUT2D eigenvalue weighted by atomic mass is 10.1. The van der Waals surface area contributed by atoms with Crippen LogP contribution in [0, 0.1) is 45.4 Å². The maximum Gasteiger partial charge on any atom is 0.301 e. The number of fused-ring (bicyclic) bond motifs is 1. The average Bonchev–Trinajstić information content (AvgIpc) is 3.32. The third-order valence-electron chi connectivity index (χ3n) is 5.00. The zero-order valence-electron chi connectivity index (χ0n) is 16.9. The zero-order chi connectivity index (χ0) is 23.0. The van der Waals surface area contributed by atoms with Crippen LogP contribution in [0.25, 0.3) is 28.4 Å². The molecule has 2 aromatic heterocycles. The Hall–Kier alpha value is -4.85. The third kappa shape index (κ3) is 3.46. The maximum atomic E-state index is 11.5. The van der Waals surface area contributed by atoms with Crippen molar-refractivity contribution in [3.05, 3.63) is 85.5 Å². The molecule has 0 aliphatic heterocycles. The Bertz CT molecular complexity index is 1440. The van der Waals surface area contributed by atoms with Gasteiger partial charge in [0.05, 0.1) is 38.2 Å². The van der Waals surface area contributed by atoms with Gasteiger partial charge in [0.2, 0.25) is 0 Å². The molecule has 0 spiro atoms. The number of imidazole rings is 1. The van der Waals surface area contributed by atoms with Gasteiger partial charge in [-0.05, 0) is 38.1 Å². The topological polar surface area (TPSA) is 157 Å². The number of hydrogen-bond acceptors (Lipinski definition) is 7. The van der Waals surface area contributed by atoms with E-state index in [1.54, 1.807) is 19.9 Å². The Morgan fingerprint density at radius 2 is 1.91 bits per heavy atom. The van der Waals surface area contributed by atoms with Crippen molar-refractivity contribution in [3.63, 3.8) is 0 Å². The number of aromatic amines is 1. The zero-order valence-corrected chi connectivity index (χ0v) is 16.9. The predicted octanol–water partition coefficient (Wildman–Crippen LogP) is 4.25. The van der Waals surface area contributed by atoms with Crippen LogP contribution in [0.4, 0.5) is 11.4 Å². The molecule has 32 heavy (non-hydrogen) atoms. The predicted molar refractivity (Wildman–Crippen MR) is 116 cm³/mol. The fraction of sp³-hybridized carbons (Fsp3) is 0.0952. The Balaban J connectivity index is 1.84. The quantitative estimate of drug-likeness (QED) is 0.282. The highest BCUT2D eigenvalue weighted by molar-refractivity contribution is 5.91. The van der Waals surface area contributed by atoms with Crippen molar-refractivity contribution in [1.82, 2.24) is 19.7 Å². The number of allylic oxidation sites excluding steroid dienone is 1. The van der Waals surface area contributed by atoms with E-state index in [0.29, 0.717) is 28.3 Å². The Morgan fingerprint density at radius 1 is 1.16 bits per heavy atom. The van der Waals surface area contributed by atoms with Gasteiger partial charge in [0, 0.05) is 17.3 Å². The van der Waals surface area contributed by atoms with Crippen molar-refractivity contribution in [1.29, 1.82) is 5.26 Å². The molecule has 11 heteroatoms. The molecule has 0 fully saturated rings. The minimum Gasteiger partial charge on any atom is -0.337 e. The van der Waals surface area contributed by atoms with Crippen molar-refractivity contribution in [3.8, 4) is 11.8 Å². The van der Waals surface area contributed by atoms with Gasteiger partial charge in [-0.1, -0.05) is 12.1 Å². The highest BCUT2D eigenvalue weighted by atomic mass is 16.6. The number of nitrogens with zero attached hydrogens (tertiary/aromatic N) is 6. The van der Waals surface area contributed by atoms with Gasteiger partial charge in [0.25, 0.3) is 5.69 Å². The van der Waals surface area contributed by atoms with Gasteiger partial charge in [-0.2, -0.15) is 10.4 Å². The molecule has 1 N–H and O–H groups in total. The number of non-ortho nitro benzene ring substituents is 1. The van der Waals surface area contributed by atoms with E-state index in [0.717, 1.165) is 11.6 Å². The second-order valence-electron chi connectivity index (χ2n) is 6.96. The summed E-state index contributed by atoms with van der Waals surface area (Å²) in [5, 5.41) is 36.6. The standard InChI is InChI=1S/C21H15N7O4/c1-12-16(9-14(11-22)21-23-17-5-3-4-6-18(17)24-21)13(2)26(25-12)19-8-7-15(27(29)30)10-20(19)28(31)32/h3-10H,1-2H3,(H,23,24)/b14-9-. The van der Waals surface area contributed by atoms with Gasteiger partial charge in [0.15, 0.2) is 0 Å². The molecule has 0 unspecified atom stereocenters. The molecule has 158 valence electrons. The lowest BCUT2D eigenvalue weighted by Gasteiger charge is -2.06. The van der Waals surface area contributed by atoms with Crippen LogP contribution in [0.15, 0.2) is 42.5 Å². The number of para-hydroxylation sites is 2. The van der Waals surface area contributed by atoms with Crippen LogP contribution in [-0.4, -0.2) is 29.6 Å². The van der Waals surface area contributed by atoms with Crippen molar-refractivity contribution < 1.29 is 9.85 Å². The summed E-state index contributed by atoms with van der Waals surface area (Å²) in [4.78, 5) is 28.7. The van der Waals surface area contributed by atoms with Crippen molar-refractivity contribution in [2.75, 3.05) is 0 Å². The van der Waals surface area contributed by atoms with Gasteiger partial charge in [-0.25, -0.2) is 9.67 Å². The molecule has 4 aromatic rings. The fourth-order valence-corrected chi connectivity index (χ4v) is 3.43. The van der Waals surface area contributed by atoms with Crippen molar-refractivity contribution in [2.45, 2.75) is 13.8 Å². The number of hydrogen-bond donors (Lipinski definition) is 1. The van der Waals surface area contributed by atoms with Crippen LogP contribution >= 0.6 is 0 Å². The minimum atomic E-state index is -0.696. The lowest BCUT2D eigenvalue weighted by Crippen LogP contribution is -2.04. The summed E-state index contributed by atoms with van der Waals surface area (Å²) in [5.74, 6) is 0.390. The Morgan fingerprint density at radius 3 is 2.56 bits per heavy atom. The summed E-state index contributed by atoms with van der Waals surface area (Å²) in [5.41, 5.74) is 2.67. The number of nitriles is 1. The molecule has 0 aliphatic carbocycles. The summed E-state index contributed by atoms with van der Waals surface area (Å²) in [6.07, 6.45) is 1.61. The highest BCUT2D eigenvalue weighted by Crippen LogP contribution is 2.31. The highest BCUT2D eigenvalue weighted by Gasteiger charge is 2.24. The first-order valence-corrected chi connectivity index (χ1v) is 9.36. The molecule has 2 aromatic carbocycles. The molecule has 0 radical (unpaired) electrons. The largest absolute Gasteiger partial charge is 0.337 e. The van der Waals surface area contributed by atoms with Crippen molar-refractivity contribution in [2.24, 2.45) is 0 Å². The molecule has 0 amide bonds. The number of aryl methyl sites for hydroxylation is 1. The molecule has 0 atom stereocenters. The van der Waals surface area contributed by atoms with Crippen LogP contribution in [0.2, 0.25) is 0 Å². The maximum absolute atomic E-state index is 11.5. The first kappa shape index (κ1) is 20.4. The molecule has 4 rings (SSSR count). The molecular formula is C21H15N7O4. The first-order valence-electron chi connectivity index (χ1n) is 9.36. The van der Waals surface area contributed by atoms with Gasteiger partial charge in [-0.3, -0.25) is 20.2 Å². The van der Waals surface area contributed by atoms with E-state index in [1.165, 1.54) is 16.8 Å². The number of nitro groups is 2. The smallest absolute Gasteiger partial charge is 0.301 e. The van der Waals surface area contributed by atoms with Crippen LogP contribution < -0.4 is 0 Å². The molecule has 0 bridgehead atoms. The van der Waals surface area contributed by atoms with E-state index >= 15 is 0 Å². The van der Waals surface area contributed by atoms with Crippen LogP contribution in [0.3, 0.4) is 0 Å². The van der Waals surface area contributed by atoms with Gasteiger partial charge < -0.3 is 4.98 Å². The summed E-state index contributed by atoms with van der Waals surface area (Å²) in [6, 6.07) is 12.9. The summed E-state index contributed by atoms with van der Waals surface area (Å²) >= 11 is 0. The summed E-state index contributed by atoms with van der Waals surface area (Å²) in [6.45, 7) is 3.41. The molecular weight excluding hydrogens is 414 g/mol. The van der Waals surface area contributed by atoms with Crippen LogP contribution in [0.5, 0.6) is 0 Å². The van der Waals surface area contributed by atoms with Gasteiger partial charge in [0.1, 0.15) is 17.6 Å². The Labute approximate surface area is 180 Å². The molecule has 11 nitrogen and oxygen atoms in total.